The third-order valence-corrected chi connectivity index (χ3v) is 2.89. The molecule has 0 fully saturated rings. The van der Waals surface area contributed by atoms with Crippen LogP contribution in [0.25, 0.3) is 0 Å². The Morgan fingerprint density at radius 2 is 2.14 bits per heavy atom. The van der Waals surface area contributed by atoms with E-state index in [1.807, 2.05) is 23.5 Å². The topological polar surface area (TPSA) is 0 Å². The highest BCUT2D eigenvalue weighted by Gasteiger charge is 1.93. The van der Waals surface area contributed by atoms with Crippen LogP contribution in [0.5, 0.6) is 0 Å². The molecule has 0 heterocycles. The van der Waals surface area contributed by atoms with E-state index in [0.29, 0.717) is 0 Å². The number of hydrogen-bond acceptors (Lipinski definition) is 2. The molecule has 1 atom stereocenters. The van der Waals surface area contributed by atoms with Crippen molar-refractivity contribution in [3.05, 3.63) is 5.75 Å². The van der Waals surface area contributed by atoms with Crippen molar-refractivity contribution in [2.45, 2.75) is 18.4 Å². The second-order valence-electron chi connectivity index (χ2n) is 1.18. The predicted octanol–water partition coefficient (Wildman–Crippen LogP) is 2.61. The first-order valence-electron chi connectivity index (χ1n) is 2.27. The summed E-state index contributed by atoms with van der Waals surface area (Å²) in [5, 5.41) is 0. The molecule has 0 aromatic carbocycles. The molecular weight excluding hydrogens is 124 g/mol. The van der Waals surface area contributed by atoms with E-state index in [9.17, 15) is 0 Å². The van der Waals surface area contributed by atoms with Crippen LogP contribution in [0.2, 0.25) is 0 Å². The van der Waals surface area contributed by atoms with Crippen molar-refractivity contribution in [2.24, 2.45) is 0 Å². The van der Waals surface area contributed by atoms with Crippen molar-refractivity contribution in [1.82, 2.24) is 0 Å². The number of hydrogen-bond donors (Lipinski definition) is 0. The van der Waals surface area contributed by atoms with Gasteiger partial charge in [0, 0.05) is 10.3 Å². The van der Waals surface area contributed by atoms with Crippen LogP contribution in [0.15, 0.2) is 0 Å². The summed E-state index contributed by atoms with van der Waals surface area (Å²) >= 11 is 3.75. The van der Waals surface area contributed by atoms with Crippen molar-refractivity contribution in [3.8, 4) is 0 Å². The van der Waals surface area contributed by atoms with Gasteiger partial charge in [0.05, 0.1) is 0 Å². The molecular formula is C5H11S2. The zero-order valence-electron chi connectivity index (χ0n) is 4.97. The van der Waals surface area contributed by atoms with Crippen molar-refractivity contribution in [1.29, 1.82) is 0 Å². The van der Waals surface area contributed by atoms with E-state index < -0.39 is 0 Å². The summed E-state index contributed by atoms with van der Waals surface area (Å²) in [6.45, 7) is 4.27. The third-order valence-electron chi connectivity index (χ3n) is 0.660. The Kier molecular flexibility index (Phi) is 5.33. The molecule has 0 aliphatic carbocycles. The highest BCUT2D eigenvalue weighted by Crippen LogP contribution is 2.21. The molecule has 0 aromatic heterocycles. The van der Waals surface area contributed by atoms with Gasteiger partial charge in [0.25, 0.3) is 0 Å². The minimum absolute atomic E-state index is 0.727. The van der Waals surface area contributed by atoms with Gasteiger partial charge >= 0.3 is 0 Å². The molecule has 1 radical (unpaired) electrons. The average Bonchev–Trinajstić information content (AvgIpc) is 1.68. The maximum atomic E-state index is 2.20. The monoisotopic (exact) mass is 135 g/mol. The molecule has 0 aliphatic heterocycles. The third kappa shape index (κ3) is 4.56. The van der Waals surface area contributed by atoms with Gasteiger partial charge in [-0.2, -0.15) is 11.8 Å². The molecule has 0 saturated carbocycles. The van der Waals surface area contributed by atoms with Crippen molar-refractivity contribution >= 4 is 23.5 Å². The molecule has 0 N–H and O–H groups in total. The Balaban J connectivity index is 2.83. The smallest absolute Gasteiger partial charge is 0.0474 e. The molecule has 0 spiro atoms. The van der Waals surface area contributed by atoms with Crippen molar-refractivity contribution in [3.63, 3.8) is 0 Å². The highest BCUT2D eigenvalue weighted by atomic mass is 32.2. The van der Waals surface area contributed by atoms with E-state index >= 15 is 0 Å². The van der Waals surface area contributed by atoms with E-state index in [4.69, 9.17) is 0 Å². The maximum Gasteiger partial charge on any atom is 0.0474 e. The molecule has 7 heavy (non-hydrogen) atoms. The van der Waals surface area contributed by atoms with Gasteiger partial charge in [-0.05, 0) is 13.2 Å². The van der Waals surface area contributed by atoms with Gasteiger partial charge < -0.3 is 0 Å². The lowest BCUT2D eigenvalue weighted by Crippen LogP contribution is -1.82. The summed E-state index contributed by atoms with van der Waals surface area (Å²) < 4.78 is 0.727. The van der Waals surface area contributed by atoms with E-state index in [0.717, 1.165) is 4.58 Å². The quantitative estimate of drug-likeness (QED) is 0.546. The Labute approximate surface area is 54.4 Å². The Morgan fingerprint density at radius 1 is 1.57 bits per heavy atom. The standard InChI is InChI=1S/C5H11S2/c1-4-7-5(2)6-3/h4-5H,1-3H3. The van der Waals surface area contributed by atoms with Crippen LogP contribution in [-0.2, 0) is 0 Å². The lowest BCUT2D eigenvalue weighted by Gasteiger charge is -2.01. The predicted molar refractivity (Wildman–Crippen MR) is 40.5 cm³/mol. The summed E-state index contributed by atoms with van der Waals surface area (Å²) in [5.41, 5.74) is 0. The molecule has 2 heteroatoms. The van der Waals surface area contributed by atoms with Crippen LogP contribution in [-0.4, -0.2) is 10.8 Å². The Morgan fingerprint density at radius 3 is 2.29 bits per heavy atom. The van der Waals surface area contributed by atoms with Gasteiger partial charge in [0.15, 0.2) is 0 Å². The van der Waals surface area contributed by atoms with E-state index in [-0.39, 0.29) is 0 Å². The SMILES string of the molecule is C[CH]SC(C)SC. The molecule has 0 bridgehead atoms. The number of thioether (sulfide) groups is 2. The summed E-state index contributed by atoms with van der Waals surface area (Å²) in [6, 6.07) is 0. The lowest BCUT2D eigenvalue weighted by atomic mass is 10.9. The van der Waals surface area contributed by atoms with Gasteiger partial charge in [-0.1, -0.05) is 6.92 Å². The summed E-state index contributed by atoms with van der Waals surface area (Å²) in [7, 11) is 0. The van der Waals surface area contributed by atoms with Crippen molar-refractivity contribution < 1.29 is 0 Å². The second-order valence-corrected chi connectivity index (χ2v) is 4.10. The Bertz CT molecular complexity index is 37.1. The Hall–Kier alpha value is 0.700. The normalized spacial score (nSPS) is 14.1. The van der Waals surface area contributed by atoms with Crippen LogP contribution in [0.3, 0.4) is 0 Å². The first-order valence-corrected chi connectivity index (χ1v) is 4.50. The van der Waals surface area contributed by atoms with Gasteiger partial charge in [-0.3, -0.25) is 0 Å². The zero-order chi connectivity index (χ0) is 5.70. The molecule has 0 aromatic rings. The maximum absolute atomic E-state index is 2.20. The van der Waals surface area contributed by atoms with Crippen LogP contribution in [0.4, 0.5) is 0 Å². The first kappa shape index (κ1) is 7.70. The fourth-order valence-electron chi connectivity index (χ4n) is 0.247. The van der Waals surface area contributed by atoms with Crippen LogP contribution in [0.1, 0.15) is 13.8 Å². The van der Waals surface area contributed by atoms with Gasteiger partial charge in [-0.25, -0.2) is 0 Å². The molecule has 0 saturated heterocycles. The lowest BCUT2D eigenvalue weighted by molar-refractivity contribution is 1.42. The molecule has 1 unspecified atom stereocenters. The first-order chi connectivity index (χ1) is 3.31. The average molecular weight is 135 g/mol. The minimum atomic E-state index is 0.727. The fourth-order valence-corrected chi connectivity index (χ4v) is 1.41. The summed E-state index contributed by atoms with van der Waals surface area (Å²) in [4.78, 5) is 0. The second kappa shape index (κ2) is 4.85. The van der Waals surface area contributed by atoms with Crippen LogP contribution in [0, 0.1) is 5.75 Å². The summed E-state index contributed by atoms with van der Waals surface area (Å²) in [6.07, 6.45) is 2.13. The van der Waals surface area contributed by atoms with Gasteiger partial charge in [0.1, 0.15) is 0 Å². The molecule has 0 rings (SSSR count). The van der Waals surface area contributed by atoms with Gasteiger partial charge in [-0.15, -0.1) is 11.8 Å². The van der Waals surface area contributed by atoms with Crippen LogP contribution >= 0.6 is 23.5 Å². The highest BCUT2D eigenvalue weighted by molar-refractivity contribution is 8.17. The molecule has 0 nitrogen and oxygen atoms in total. The summed E-state index contributed by atoms with van der Waals surface area (Å²) in [5.74, 6) is 2.13. The fraction of sp³-hybridized carbons (Fsp3) is 0.800. The molecule has 0 amide bonds. The number of rotatable bonds is 3. The van der Waals surface area contributed by atoms with E-state index in [1.165, 1.54) is 0 Å². The van der Waals surface area contributed by atoms with Crippen molar-refractivity contribution in [2.75, 3.05) is 6.26 Å². The minimum Gasteiger partial charge on any atom is -0.151 e. The van der Waals surface area contributed by atoms with Crippen LogP contribution < -0.4 is 0 Å². The molecule has 43 valence electrons. The van der Waals surface area contributed by atoms with E-state index in [1.54, 1.807) is 0 Å². The largest absolute Gasteiger partial charge is 0.151 e. The zero-order valence-corrected chi connectivity index (χ0v) is 6.60. The van der Waals surface area contributed by atoms with Gasteiger partial charge in [0.2, 0.25) is 0 Å². The molecule has 0 aliphatic rings. The van der Waals surface area contributed by atoms with E-state index in [2.05, 4.69) is 25.9 Å².